The summed E-state index contributed by atoms with van der Waals surface area (Å²) in [5.74, 6) is -0.179. The Kier molecular flexibility index (Phi) is 10.0. The molecule has 0 spiro atoms. The first kappa shape index (κ1) is 27.3. The first-order chi connectivity index (χ1) is 15.8. The molecule has 1 atom stereocenters. The van der Waals surface area contributed by atoms with E-state index in [9.17, 15) is 9.90 Å². The maximum Gasteiger partial charge on any atom is 0.335 e. The number of anilines is 1. The van der Waals surface area contributed by atoms with E-state index in [1.54, 1.807) is 18.2 Å². The molecular formula is C29H36ClNO3. The number of hydrogen-bond acceptors (Lipinski definition) is 3. The quantitative estimate of drug-likeness (QED) is 0.324. The van der Waals surface area contributed by atoms with Crippen LogP contribution in [0.25, 0.3) is 0 Å². The van der Waals surface area contributed by atoms with E-state index in [-0.39, 0.29) is 23.9 Å². The Labute approximate surface area is 210 Å². The van der Waals surface area contributed by atoms with Crippen LogP contribution in [0.1, 0.15) is 74.0 Å². The first-order valence-corrected chi connectivity index (χ1v) is 11.7. The third-order valence-electron chi connectivity index (χ3n) is 5.96. The molecular weight excluding hydrogens is 446 g/mol. The van der Waals surface area contributed by atoms with E-state index in [0.717, 1.165) is 28.9 Å². The minimum atomic E-state index is -0.930. The molecule has 0 radical (unpaired) electrons. The Morgan fingerprint density at radius 3 is 2.18 bits per heavy atom. The number of halogens is 1. The van der Waals surface area contributed by atoms with Gasteiger partial charge in [-0.05, 0) is 75.6 Å². The number of nitrogens with zero attached hydrogens (tertiary/aromatic N) is 1. The Balaban J connectivity index is 0.00000408. The van der Waals surface area contributed by atoms with Crippen LogP contribution in [0, 0.1) is 0 Å². The van der Waals surface area contributed by atoms with Crippen molar-refractivity contribution in [3.8, 4) is 5.75 Å². The molecule has 1 unspecified atom stereocenters. The number of carboxylic acid groups (broad SMARTS) is 1. The van der Waals surface area contributed by atoms with E-state index in [2.05, 4.69) is 63.8 Å². The fraction of sp³-hybridized carbons (Fsp3) is 0.345. The van der Waals surface area contributed by atoms with E-state index >= 15 is 0 Å². The summed E-state index contributed by atoms with van der Waals surface area (Å²) >= 11 is 0. The Bertz CT molecular complexity index is 1060. The summed E-state index contributed by atoms with van der Waals surface area (Å²) in [6.07, 6.45) is 0.831. The maximum atomic E-state index is 11.7. The summed E-state index contributed by atoms with van der Waals surface area (Å²) in [6.45, 7) is 11.4. The van der Waals surface area contributed by atoms with Crippen molar-refractivity contribution in [2.45, 2.75) is 65.6 Å². The molecule has 3 aromatic rings. The van der Waals surface area contributed by atoms with Crippen molar-refractivity contribution in [2.24, 2.45) is 0 Å². The van der Waals surface area contributed by atoms with Gasteiger partial charge in [0.05, 0.1) is 5.56 Å². The van der Waals surface area contributed by atoms with Crippen molar-refractivity contribution < 1.29 is 14.6 Å². The van der Waals surface area contributed by atoms with Gasteiger partial charge < -0.3 is 14.7 Å². The van der Waals surface area contributed by atoms with Gasteiger partial charge in [-0.1, -0.05) is 49.4 Å². The summed E-state index contributed by atoms with van der Waals surface area (Å²) in [5.41, 5.74) is 4.60. The van der Waals surface area contributed by atoms with Crippen molar-refractivity contribution in [2.75, 3.05) is 4.90 Å². The highest BCUT2D eigenvalue weighted by Gasteiger charge is 2.21. The number of ether oxygens (including phenoxy) is 1. The third-order valence-corrected chi connectivity index (χ3v) is 5.96. The van der Waals surface area contributed by atoms with Crippen LogP contribution in [0.5, 0.6) is 5.75 Å². The largest absolute Gasteiger partial charge is 0.489 e. The molecule has 0 bridgehead atoms. The van der Waals surface area contributed by atoms with Crippen molar-refractivity contribution in [3.05, 3.63) is 95.1 Å². The van der Waals surface area contributed by atoms with E-state index in [0.29, 0.717) is 18.7 Å². The van der Waals surface area contributed by atoms with Crippen LogP contribution in [0.4, 0.5) is 5.69 Å². The van der Waals surface area contributed by atoms with Crippen LogP contribution in [-0.4, -0.2) is 23.2 Å². The fourth-order valence-electron chi connectivity index (χ4n) is 4.55. The number of rotatable bonds is 10. The summed E-state index contributed by atoms with van der Waals surface area (Å²) in [5, 5.41) is 9.62. The zero-order valence-corrected chi connectivity index (χ0v) is 21.5. The molecule has 0 aromatic heterocycles. The lowest BCUT2D eigenvalue weighted by molar-refractivity contribution is 0.0696. The lowest BCUT2D eigenvalue weighted by Gasteiger charge is -2.34. The van der Waals surface area contributed by atoms with E-state index in [1.165, 1.54) is 5.69 Å². The van der Waals surface area contributed by atoms with Gasteiger partial charge >= 0.3 is 5.97 Å². The molecule has 3 aromatic carbocycles. The molecule has 5 heteroatoms. The van der Waals surface area contributed by atoms with E-state index < -0.39 is 5.97 Å². The zero-order chi connectivity index (χ0) is 24.0. The molecule has 0 heterocycles. The molecule has 0 saturated heterocycles. The van der Waals surface area contributed by atoms with Gasteiger partial charge in [-0.2, -0.15) is 0 Å². The number of aromatic carboxylic acids is 1. The van der Waals surface area contributed by atoms with Gasteiger partial charge in [0.2, 0.25) is 0 Å². The van der Waals surface area contributed by atoms with Crippen molar-refractivity contribution >= 4 is 24.1 Å². The fourth-order valence-corrected chi connectivity index (χ4v) is 4.55. The van der Waals surface area contributed by atoms with Gasteiger partial charge in [0.1, 0.15) is 12.4 Å². The highest BCUT2D eigenvalue weighted by atomic mass is 35.5. The normalized spacial score (nSPS) is 11.7. The molecule has 182 valence electrons. The molecule has 0 amide bonds. The maximum absolute atomic E-state index is 11.7. The molecule has 0 aliphatic rings. The van der Waals surface area contributed by atoms with E-state index in [4.69, 9.17) is 4.74 Å². The second kappa shape index (κ2) is 12.5. The zero-order valence-electron chi connectivity index (χ0n) is 20.7. The van der Waals surface area contributed by atoms with Gasteiger partial charge in [0, 0.05) is 29.3 Å². The van der Waals surface area contributed by atoms with Gasteiger partial charge in [0.25, 0.3) is 0 Å². The minimum Gasteiger partial charge on any atom is -0.489 e. The minimum absolute atomic E-state index is 0. The highest BCUT2D eigenvalue weighted by molar-refractivity contribution is 5.88. The van der Waals surface area contributed by atoms with Crippen molar-refractivity contribution in [1.82, 2.24) is 0 Å². The Morgan fingerprint density at radius 2 is 1.59 bits per heavy atom. The third kappa shape index (κ3) is 6.54. The lowest BCUT2D eigenvalue weighted by atomic mass is 9.87. The monoisotopic (exact) mass is 481 g/mol. The van der Waals surface area contributed by atoms with Crippen LogP contribution in [0.15, 0.2) is 72.8 Å². The average molecular weight is 482 g/mol. The van der Waals surface area contributed by atoms with Crippen LogP contribution < -0.4 is 9.64 Å². The molecule has 1 N–H and O–H groups in total. The van der Waals surface area contributed by atoms with E-state index in [1.807, 2.05) is 30.3 Å². The molecule has 0 aliphatic heterocycles. The second-order valence-corrected chi connectivity index (χ2v) is 8.98. The van der Waals surface area contributed by atoms with Crippen LogP contribution in [0.3, 0.4) is 0 Å². The summed E-state index contributed by atoms with van der Waals surface area (Å²) in [4.78, 5) is 14.1. The highest BCUT2D eigenvalue weighted by Crippen LogP contribution is 2.37. The standard InChI is InChI=1S/C29H35NO3.ClH/c1-6-26(23-13-10-14-25(17-23)30(20(2)3)21(4)5)27-18-24(29(31)32)15-16-28(27)33-19-22-11-8-7-9-12-22;/h7-18,20-21,26H,6,19H2,1-5H3,(H,31,32);1H. The predicted octanol–water partition coefficient (Wildman–Crippen LogP) is 7.55. The average Bonchev–Trinajstić information content (AvgIpc) is 2.79. The van der Waals surface area contributed by atoms with Gasteiger partial charge in [-0.25, -0.2) is 4.79 Å². The first-order valence-electron chi connectivity index (χ1n) is 11.7. The summed E-state index contributed by atoms with van der Waals surface area (Å²) in [7, 11) is 0. The molecule has 0 aliphatic carbocycles. The van der Waals surface area contributed by atoms with Crippen molar-refractivity contribution in [3.63, 3.8) is 0 Å². The Hall–Kier alpha value is -2.98. The van der Waals surface area contributed by atoms with Crippen LogP contribution in [0.2, 0.25) is 0 Å². The number of carboxylic acids is 1. The number of carbonyl (C=O) groups is 1. The second-order valence-electron chi connectivity index (χ2n) is 8.98. The predicted molar refractivity (Wildman–Crippen MR) is 143 cm³/mol. The van der Waals surface area contributed by atoms with Gasteiger partial charge in [-0.15, -0.1) is 12.4 Å². The van der Waals surface area contributed by atoms with Gasteiger partial charge in [0.15, 0.2) is 0 Å². The lowest BCUT2D eigenvalue weighted by Crippen LogP contribution is -2.37. The molecule has 3 rings (SSSR count). The molecule has 0 fully saturated rings. The Morgan fingerprint density at radius 1 is 0.912 bits per heavy atom. The number of hydrogen-bond donors (Lipinski definition) is 1. The van der Waals surface area contributed by atoms with Crippen LogP contribution >= 0.6 is 12.4 Å². The number of benzene rings is 3. The smallest absolute Gasteiger partial charge is 0.335 e. The van der Waals surface area contributed by atoms with Crippen LogP contribution in [-0.2, 0) is 6.61 Å². The topological polar surface area (TPSA) is 49.8 Å². The SMILES string of the molecule is CCC(c1cccc(N(C(C)C)C(C)C)c1)c1cc(C(=O)O)ccc1OCc1ccccc1.Cl. The van der Waals surface area contributed by atoms with Crippen molar-refractivity contribution in [1.29, 1.82) is 0 Å². The summed E-state index contributed by atoms with van der Waals surface area (Å²) in [6, 6.07) is 24.6. The molecule has 0 saturated carbocycles. The molecule has 4 nitrogen and oxygen atoms in total. The summed E-state index contributed by atoms with van der Waals surface area (Å²) < 4.78 is 6.21. The molecule has 34 heavy (non-hydrogen) atoms. The van der Waals surface area contributed by atoms with Gasteiger partial charge in [-0.3, -0.25) is 0 Å².